The van der Waals surface area contributed by atoms with Crippen molar-refractivity contribution >= 4 is 17.6 Å². The normalized spacial score (nSPS) is 10.0. The largest absolute Gasteiger partial charge is 0.466 e. The topological polar surface area (TPSA) is 95.7 Å². The minimum Gasteiger partial charge on any atom is -0.466 e. The summed E-state index contributed by atoms with van der Waals surface area (Å²) in [7, 11) is 0. The summed E-state index contributed by atoms with van der Waals surface area (Å²) in [6, 6.07) is 3.96. The van der Waals surface area contributed by atoms with E-state index in [1.165, 1.54) is 18.2 Å². The molecule has 0 aliphatic heterocycles. The molecule has 0 spiro atoms. The number of carbonyl (C=O) groups is 2. The molecular weight excluding hydrogens is 278 g/mol. The van der Waals surface area contributed by atoms with Gasteiger partial charge in [-0.2, -0.15) is 0 Å². The number of nitro benzene ring substituents is 1. The van der Waals surface area contributed by atoms with Gasteiger partial charge in [0.05, 0.1) is 23.7 Å². The Kier molecular flexibility index (Phi) is 6.32. The predicted molar refractivity (Wildman–Crippen MR) is 74.0 cm³/mol. The van der Waals surface area contributed by atoms with E-state index in [0.29, 0.717) is 5.56 Å². The van der Waals surface area contributed by atoms with Gasteiger partial charge in [0.15, 0.2) is 0 Å². The second kappa shape index (κ2) is 7.98. The molecule has 1 rings (SSSR count). The number of aryl methyl sites for hydroxylation is 1. The van der Waals surface area contributed by atoms with Gasteiger partial charge in [-0.05, 0) is 32.4 Å². The molecule has 1 aromatic carbocycles. The van der Waals surface area contributed by atoms with Crippen LogP contribution in [0.4, 0.5) is 5.69 Å². The van der Waals surface area contributed by atoms with Gasteiger partial charge in [-0.25, -0.2) is 4.79 Å². The number of hydrogen-bond acceptors (Lipinski definition) is 6. The van der Waals surface area contributed by atoms with Crippen LogP contribution in [0.15, 0.2) is 18.2 Å². The van der Waals surface area contributed by atoms with E-state index in [9.17, 15) is 19.7 Å². The maximum Gasteiger partial charge on any atom is 0.338 e. The van der Waals surface area contributed by atoms with Crippen molar-refractivity contribution in [3.63, 3.8) is 0 Å². The number of ether oxygens (including phenoxy) is 2. The number of nitrogens with zero attached hydrogens (tertiary/aromatic N) is 1. The van der Waals surface area contributed by atoms with Crippen LogP contribution in [0.5, 0.6) is 0 Å². The van der Waals surface area contributed by atoms with E-state index in [2.05, 4.69) is 0 Å². The molecule has 21 heavy (non-hydrogen) atoms. The summed E-state index contributed by atoms with van der Waals surface area (Å²) in [4.78, 5) is 33.4. The van der Waals surface area contributed by atoms with Gasteiger partial charge in [0, 0.05) is 18.1 Å². The van der Waals surface area contributed by atoms with Crippen LogP contribution >= 0.6 is 0 Å². The SMILES string of the molecule is CCOC(=O)CCc1cc(C(=O)OCC)ccc1[N+](=O)[O-]. The van der Waals surface area contributed by atoms with E-state index in [4.69, 9.17) is 9.47 Å². The Labute approximate surface area is 122 Å². The highest BCUT2D eigenvalue weighted by molar-refractivity contribution is 5.90. The summed E-state index contributed by atoms with van der Waals surface area (Å²) in [5, 5.41) is 11.0. The molecule has 114 valence electrons. The van der Waals surface area contributed by atoms with Gasteiger partial charge in [0.25, 0.3) is 5.69 Å². The fourth-order valence-electron chi connectivity index (χ4n) is 1.78. The van der Waals surface area contributed by atoms with Gasteiger partial charge in [0.1, 0.15) is 0 Å². The first-order valence-electron chi connectivity index (χ1n) is 6.59. The summed E-state index contributed by atoms with van der Waals surface area (Å²) < 4.78 is 9.63. The fraction of sp³-hybridized carbons (Fsp3) is 0.429. The lowest BCUT2D eigenvalue weighted by Gasteiger charge is -2.06. The van der Waals surface area contributed by atoms with Gasteiger partial charge in [-0.1, -0.05) is 0 Å². The molecule has 0 bridgehead atoms. The van der Waals surface area contributed by atoms with Gasteiger partial charge in [-0.15, -0.1) is 0 Å². The minimum absolute atomic E-state index is 0.0148. The summed E-state index contributed by atoms with van der Waals surface area (Å²) >= 11 is 0. The second-order valence-corrected chi connectivity index (χ2v) is 4.13. The van der Waals surface area contributed by atoms with E-state index in [0.717, 1.165) is 0 Å². The molecule has 0 saturated heterocycles. The van der Waals surface area contributed by atoms with Crippen LogP contribution < -0.4 is 0 Å². The lowest BCUT2D eigenvalue weighted by Crippen LogP contribution is -2.09. The van der Waals surface area contributed by atoms with E-state index in [1.807, 2.05) is 0 Å². The average Bonchev–Trinajstić information content (AvgIpc) is 2.45. The molecular formula is C14H17NO6. The zero-order valence-corrected chi connectivity index (χ0v) is 12.0. The highest BCUT2D eigenvalue weighted by Gasteiger charge is 2.18. The monoisotopic (exact) mass is 295 g/mol. The van der Waals surface area contributed by atoms with E-state index in [1.54, 1.807) is 13.8 Å². The zero-order valence-electron chi connectivity index (χ0n) is 12.0. The van der Waals surface area contributed by atoms with Crippen LogP contribution in [0, 0.1) is 10.1 Å². The molecule has 0 amide bonds. The van der Waals surface area contributed by atoms with Crippen molar-refractivity contribution < 1.29 is 24.0 Å². The van der Waals surface area contributed by atoms with Crippen LogP contribution in [0.25, 0.3) is 0 Å². The average molecular weight is 295 g/mol. The van der Waals surface area contributed by atoms with Crippen molar-refractivity contribution in [1.29, 1.82) is 0 Å². The quantitative estimate of drug-likeness (QED) is 0.435. The highest BCUT2D eigenvalue weighted by atomic mass is 16.6. The van der Waals surface area contributed by atoms with E-state index in [-0.39, 0.29) is 37.3 Å². The predicted octanol–water partition coefficient (Wildman–Crippen LogP) is 2.27. The fourth-order valence-corrected chi connectivity index (χ4v) is 1.78. The molecule has 0 aromatic heterocycles. The molecule has 0 aliphatic rings. The molecule has 0 N–H and O–H groups in total. The Morgan fingerprint density at radius 2 is 1.86 bits per heavy atom. The number of rotatable bonds is 7. The number of carbonyl (C=O) groups excluding carboxylic acids is 2. The number of nitro groups is 1. The van der Waals surface area contributed by atoms with Crippen molar-refractivity contribution in [2.45, 2.75) is 26.7 Å². The van der Waals surface area contributed by atoms with Crippen LogP contribution in [0.2, 0.25) is 0 Å². The third-order valence-corrected chi connectivity index (χ3v) is 2.69. The Bertz CT molecular complexity index is 540. The van der Waals surface area contributed by atoms with Gasteiger partial charge >= 0.3 is 11.9 Å². The van der Waals surface area contributed by atoms with Crippen molar-refractivity contribution in [2.24, 2.45) is 0 Å². The molecule has 0 saturated carbocycles. The van der Waals surface area contributed by atoms with Crippen LogP contribution in [0.3, 0.4) is 0 Å². The van der Waals surface area contributed by atoms with E-state index >= 15 is 0 Å². The third kappa shape index (κ3) is 4.87. The molecule has 0 heterocycles. The van der Waals surface area contributed by atoms with Gasteiger partial charge in [-0.3, -0.25) is 14.9 Å². The van der Waals surface area contributed by atoms with Crippen molar-refractivity contribution in [3.8, 4) is 0 Å². The lowest BCUT2D eigenvalue weighted by atomic mass is 10.0. The first-order valence-corrected chi connectivity index (χ1v) is 6.59. The van der Waals surface area contributed by atoms with Crippen molar-refractivity contribution in [2.75, 3.05) is 13.2 Å². The van der Waals surface area contributed by atoms with Crippen LogP contribution in [0.1, 0.15) is 36.2 Å². The van der Waals surface area contributed by atoms with Crippen molar-refractivity contribution in [3.05, 3.63) is 39.4 Å². The molecule has 0 fully saturated rings. The number of benzene rings is 1. The molecule has 0 unspecified atom stereocenters. The highest BCUT2D eigenvalue weighted by Crippen LogP contribution is 2.22. The maximum absolute atomic E-state index is 11.6. The first-order chi connectivity index (χ1) is 9.99. The smallest absolute Gasteiger partial charge is 0.338 e. The molecule has 0 atom stereocenters. The summed E-state index contributed by atoms with van der Waals surface area (Å²) in [6.45, 7) is 3.82. The summed E-state index contributed by atoms with van der Waals surface area (Å²) in [5.41, 5.74) is 0.396. The summed E-state index contributed by atoms with van der Waals surface area (Å²) in [5.74, 6) is -0.988. The Balaban J connectivity index is 2.96. The molecule has 0 radical (unpaired) electrons. The Morgan fingerprint density at radius 1 is 1.19 bits per heavy atom. The maximum atomic E-state index is 11.6. The Hall–Kier alpha value is -2.44. The standard InChI is InChI=1S/C14H17NO6/c1-3-20-13(16)8-6-10-9-11(14(17)21-4-2)5-7-12(10)15(18)19/h5,7,9H,3-4,6,8H2,1-2H3. The molecule has 7 heteroatoms. The van der Waals surface area contributed by atoms with Gasteiger partial charge in [0.2, 0.25) is 0 Å². The minimum atomic E-state index is -0.551. The zero-order chi connectivity index (χ0) is 15.8. The third-order valence-electron chi connectivity index (χ3n) is 2.69. The van der Waals surface area contributed by atoms with Gasteiger partial charge < -0.3 is 9.47 Å². The number of esters is 2. The molecule has 0 aliphatic carbocycles. The summed E-state index contributed by atoms with van der Waals surface area (Å²) in [6.07, 6.45) is 0.142. The van der Waals surface area contributed by atoms with Crippen LogP contribution in [-0.4, -0.2) is 30.1 Å². The Morgan fingerprint density at radius 3 is 2.43 bits per heavy atom. The van der Waals surface area contributed by atoms with E-state index < -0.39 is 16.9 Å². The molecule has 7 nitrogen and oxygen atoms in total. The van der Waals surface area contributed by atoms with Crippen LogP contribution in [-0.2, 0) is 20.7 Å². The number of hydrogen-bond donors (Lipinski definition) is 0. The first kappa shape index (κ1) is 16.6. The molecule has 1 aromatic rings. The second-order valence-electron chi connectivity index (χ2n) is 4.13. The lowest BCUT2D eigenvalue weighted by molar-refractivity contribution is -0.385. The van der Waals surface area contributed by atoms with Crippen molar-refractivity contribution in [1.82, 2.24) is 0 Å².